The number of ether oxygens (including phenoxy) is 3. The first kappa shape index (κ1) is 26.3. The highest BCUT2D eigenvalue weighted by molar-refractivity contribution is 5.79. The van der Waals surface area contributed by atoms with E-state index in [0.717, 1.165) is 16.8 Å². The average molecular weight is 507 g/mol. The zero-order valence-corrected chi connectivity index (χ0v) is 21.2. The molecular formula is C29H34N2O6. The van der Waals surface area contributed by atoms with E-state index >= 15 is 0 Å². The fourth-order valence-electron chi connectivity index (χ4n) is 4.41. The summed E-state index contributed by atoms with van der Waals surface area (Å²) in [6.07, 6.45) is 2.82. The number of β-amino-alcohol motifs (C(OH)–C–C–N with tert-alkyl or cyclic N) is 1. The number of nitrogens with zero attached hydrogens (tertiary/aromatic N) is 2. The van der Waals surface area contributed by atoms with E-state index in [1.54, 1.807) is 24.3 Å². The number of carbonyl (C=O) groups excluding carboxylic acids is 1. The van der Waals surface area contributed by atoms with Gasteiger partial charge >= 0.3 is 0 Å². The van der Waals surface area contributed by atoms with Crippen LogP contribution in [0.2, 0.25) is 0 Å². The molecule has 0 saturated heterocycles. The van der Waals surface area contributed by atoms with Crippen molar-refractivity contribution >= 4 is 11.6 Å². The normalized spacial score (nSPS) is 14.5. The third-order valence-electron chi connectivity index (χ3n) is 6.18. The lowest BCUT2D eigenvalue weighted by Crippen LogP contribution is -2.41. The van der Waals surface area contributed by atoms with Gasteiger partial charge in [-0.05, 0) is 29.8 Å². The number of carbonyl (C=O) groups is 1. The molecule has 0 fully saturated rings. The topological polar surface area (TPSA) is 84.6 Å². The molecule has 0 aliphatic carbocycles. The molecule has 1 aliphatic heterocycles. The summed E-state index contributed by atoms with van der Waals surface area (Å²) in [5.74, 6) is 1.81. The molecule has 3 aromatic rings. The summed E-state index contributed by atoms with van der Waals surface area (Å²) in [6, 6.07) is 17.3. The maximum Gasteiger partial charge on any atom is 0.225 e. The highest BCUT2D eigenvalue weighted by atomic mass is 16.5. The summed E-state index contributed by atoms with van der Waals surface area (Å²) in [4.78, 5) is 17.0. The molecule has 1 aliphatic rings. The SMILES string of the molecule is C=CCOc1c(OC)ccc2c1CN(Cc1ccco1)C(=O)CCN2C[C@@H](O)COCc1ccccc1. The number of rotatable bonds is 12. The summed E-state index contributed by atoms with van der Waals surface area (Å²) >= 11 is 0. The molecule has 2 aromatic carbocycles. The number of aliphatic hydroxyl groups is 1. The lowest BCUT2D eigenvalue weighted by Gasteiger charge is -2.35. The third kappa shape index (κ3) is 6.93. The molecule has 0 spiro atoms. The Bertz CT molecular complexity index is 1150. The van der Waals surface area contributed by atoms with E-state index in [1.165, 1.54) is 0 Å². The predicted octanol–water partition coefficient (Wildman–Crippen LogP) is 4.17. The Hall–Kier alpha value is -3.75. The molecule has 196 valence electrons. The second-order valence-corrected chi connectivity index (χ2v) is 8.87. The van der Waals surface area contributed by atoms with E-state index < -0.39 is 6.10 Å². The Labute approximate surface area is 217 Å². The molecule has 2 heterocycles. The number of amides is 1. The number of aliphatic hydroxyl groups excluding tert-OH is 1. The van der Waals surface area contributed by atoms with Gasteiger partial charge in [-0.25, -0.2) is 0 Å². The van der Waals surface area contributed by atoms with Gasteiger partial charge in [-0.2, -0.15) is 0 Å². The van der Waals surface area contributed by atoms with Crippen molar-refractivity contribution in [3.05, 3.63) is 90.4 Å². The van der Waals surface area contributed by atoms with Crippen molar-refractivity contribution in [2.24, 2.45) is 0 Å². The summed E-state index contributed by atoms with van der Waals surface area (Å²) in [5, 5.41) is 10.8. The Morgan fingerprint density at radius 2 is 1.97 bits per heavy atom. The van der Waals surface area contributed by atoms with Gasteiger partial charge in [-0.15, -0.1) is 0 Å². The lowest BCUT2D eigenvalue weighted by molar-refractivity contribution is -0.132. The largest absolute Gasteiger partial charge is 0.493 e. The van der Waals surface area contributed by atoms with E-state index in [9.17, 15) is 9.90 Å². The lowest BCUT2D eigenvalue weighted by atomic mass is 10.1. The maximum atomic E-state index is 13.2. The van der Waals surface area contributed by atoms with Crippen LogP contribution < -0.4 is 14.4 Å². The molecule has 1 N–H and O–H groups in total. The smallest absolute Gasteiger partial charge is 0.225 e. The van der Waals surface area contributed by atoms with E-state index in [-0.39, 0.29) is 19.1 Å². The molecular weight excluding hydrogens is 472 g/mol. The van der Waals surface area contributed by atoms with Crippen LogP contribution in [0.15, 0.2) is 77.9 Å². The van der Waals surface area contributed by atoms with Gasteiger partial charge < -0.3 is 33.5 Å². The Kier molecular flexibility index (Phi) is 9.24. The second kappa shape index (κ2) is 13.0. The van der Waals surface area contributed by atoms with Crippen molar-refractivity contribution in [2.45, 2.75) is 32.2 Å². The predicted molar refractivity (Wildman–Crippen MR) is 141 cm³/mol. The van der Waals surface area contributed by atoms with E-state index in [0.29, 0.717) is 56.5 Å². The van der Waals surface area contributed by atoms with Crippen LogP contribution >= 0.6 is 0 Å². The van der Waals surface area contributed by atoms with Crippen LogP contribution in [0, 0.1) is 0 Å². The third-order valence-corrected chi connectivity index (χ3v) is 6.18. The quantitative estimate of drug-likeness (QED) is 0.369. The summed E-state index contributed by atoms with van der Waals surface area (Å²) < 4.78 is 22.9. The molecule has 0 unspecified atom stereocenters. The van der Waals surface area contributed by atoms with Crippen molar-refractivity contribution < 1.29 is 28.5 Å². The first-order chi connectivity index (χ1) is 18.1. The van der Waals surface area contributed by atoms with Crippen molar-refractivity contribution in [1.82, 2.24) is 4.90 Å². The number of anilines is 1. The number of hydrogen-bond donors (Lipinski definition) is 1. The highest BCUT2D eigenvalue weighted by Gasteiger charge is 2.28. The zero-order valence-electron chi connectivity index (χ0n) is 21.2. The molecule has 37 heavy (non-hydrogen) atoms. The highest BCUT2D eigenvalue weighted by Crippen LogP contribution is 2.40. The van der Waals surface area contributed by atoms with Crippen LogP contribution in [0.1, 0.15) is 23.3 Å². The summed E-state index contributed by atoms with van der Waals surface area (Å²) in [7, 11) is 1.59. The molecule has 8 nitrogen and oxygen atoms in total. The molecule has 0 radical (unpaired) electrons. The molecule has 8 heteroatoms. The summed E-state index contributed by atoms with van der Waals surface area (Å²) in [6.45, 7) is 6.03. The van der Waals surface area contributed by atoms with E-state index in [4.69, 9.17) is 18.6 Å². The van der Waals surface area contributed by atoms with Gasteiger partial charge in [-0.1, -0.05) is 43.0 Å². The van der Waals surface area contributed by atoms with Crippen LogP contribution in [0.3, 0.4) is 0 Å². The molecule has 4 rings (SSSR count). The number of benzene rings is 2. The molecule has 1 aromatic heterocycles. The zero-order chi connectivity index (χ0) is 26.0. The van der Waals surface area contributed by atoms with Gasteiger partial charge in [-0.3, -0.25) is 4.79 Å². The minimum atomic E-state index is -0.745. The van der Waals surface area contributed by atoms with Crippen LogP contribution in [0.5, 0.6) is 11.5 Å². The van der Waals surface area contributed by atoms with Crippen molar-refractivity contribution in [3.63, 3.8) is 0 Å². The van der Waals surface area contributed by atoms with Crippen LogP contribution in [0.4, 0.5) is 5.69 Å². The fraction of sp³-hybridized carbons (Fsp3) is 0.345. The Morgan fingerprint density at radius 3 is 2.70 bits per heavy atom. The maximum absolute atomic E-state index is 13.2. The minimum Gasteiger partial charge on any atom is -0.493 e. The monoisotopic (exact) mass is 506 g/mol. The minimum absolute atomic E-state index is 0.0145. The first-order valence-electron chi connectivity index (χ1n) is 12.4. The number of hydrogen-bond acceptors (Lipinski definition) is 7. The second-order valence-electron chi connectivity index (χ2n) is 8.87. The van der Waals surface area contributed by atoms with Gasteiger partial charge in [0.25, 0.3) is 0 Å². The Morgan fingerprint density at radius 1 is 1.14 bits per heavy atom. The summed E-state index contributed by atoms with van der Waals surface area (Å²) in [5.41, 5.74) is 2.72. The average Bonchev–Trinajstić information content (AvgIpc) is 3.42. The molecule has 0 saturated carbocycles. The van der Waals surface area contributed by atoms with E-state index in [1.807, 2.05) is 59.5 Å². The van der Waals surface area contributed by atoms with Gasteiger partial charge in [0.2, 0.25) is 5.91 Å². The van der Waals surface area contributed by atoms with Crippen LogP contribution in [0.25, 0.3) is 0 Å². The van der Waals surface area contributed by atoms with Crippen molar-refractivity contribution in [1.29, 1.82) is 0 Å². The van der Waals surface area contributed by atoms with Crippen molar-refractivity contribution in [2.75, 3.05) is 38.3 Å². The van der Waals surface area contributed by atoms with Gasteiger partial charge in [0, 0.05) is 30.8 Å². The van der Waals surface area contributed by atoms with Crippen molar-refractivity contribution in [3.8, 4) is 11.5 Å². The Balaban J connectivity index is 1.57. The molecule has 1 amide bonds. The van der Waals surface area contributed by atoms with Crippen LogP contribution in [-0.4, -0.2) is 55.4 Å². The van der Waals surface area contributed by atoms with Gasteiger partial charge in [0.1, 0.15) is 12.4 Å². The number of methoxy groups -OCH3 is 1. The van der Waals surface area contributed by atoms with Gasteiger partial charge in [0.15, 0.2) is 11.5 Å². The standard InChI is InChI=1S/C29H34N2O6/c1-3-15-37-29-25-19-31(18-24-10-7-16-36-24)28(33)13-14-30(26(25)11-12-27(29)34-2)17-23(32)21-35-20-22-8-5-4-6-9-22/h3-12,16,23,32H,1,13-15,17-21H2,2H3/t23-/m1/s1. The first-order valence-corrected chi connectivity index (χ1v) is 12.4. The molecule has 0 bridgehead atoms. The van der Waals surface area contributed by atoms with E-state index in [2.05, 4.69) is 6.58 Å². The molecule has 1 atom stereocenters. The number of fused-ring (bicyclic) bond motifs is 1. The fourth-order valence-corrected chi connectivity index (χ4v) is 4.41. The van der Waals surface area contributed by atoms with Gasteiger partial charge in [0.05, 0.1) is 45.8 Å². The number of furan rings is 1. The van der Waals surface area contributed by atoms with Crippen LogP contribution in [-0.2, 0) is 29.2 Å².